The monoisotopic (exact) mass is 421 g/mol. The predicted octanol–water partition coefficient (Wildman–Crippen LogP) is 5.10. The van der Waals surface area contributed by atoms with Crippen LogP contribution < -0.4 is 5.32 Å². The minimum atomic E-state index is -0.388. The number of nitrogens with one attached hydrogen (secondary N) is 1. The van der Waals surface area contributed by atoms with Crippen molar-refractivity contribution in [1.29, 1.82) is 5.26 Å². The van der Waals surface area contributed by atoms with Gasteiger partial charge in [0.25, 0.3) is 0 Å². The van der Waals surface area contributed by atoms with E-state index in [1.54, 1.807) is 6.07 Å². The van der Waals surface area contributed by atoms with Crippen molar-refractivity contribution in [3.05, 3.63) is 41.7 Å². The second-order valence-corrected chi connectivity index (χ2v) is 10.4. The summed E-state index contributed by atoms with van der Waals surface area (Å²) in [7, 11) is 0. The Balaban J connectivity index is 1.27. The fourth-order valence-corrected chi connectivity index (χ4v) is 4.67. The topological polar surface area (TPSA) is 64.8 Å². The van der Waals surface area contributed by atoms with E-state index in [4.69, 9.17) is 0 Å². The predicted molar refractivity (Wildman–Crippen MR) is 121 cm³/mol. The van der Waals surface area contributed by atoms with Gasteiger partial charge in [0.05, 0.1) is 17.3 Å². The molecule has 1 aromatic heterocycles. The summed E-state index contributed by atoms with van der Waals surface area (Å²) in [5.74, 6) is 1.04. The molecule has 5 nitrogen and oxygen atoms in total. The lowest BCUT2D eigenvalue weighted by atomic mass is 9.88. The summed E-state index contributed by atoms with van der Waals surface area (Å²) in [6, 6.07) is 9.82. The Morgan fingerprint density at radius 1 is 1.19 bits per heavy atom. The van der Waals surface area contributed by atoms with E-state index in [2.05, 4.69) is 47.3 Å². The lowest BCUT2D eigenvalue weighted by Crippen LogP contribution is -2.37. The van der Waals surface area contributed by atoms with Gasteiger partial charge in [-0.2, -0.15) is 5.26 Å². The highest BCUT2D eigenvalue weighted by atomic mass is 19.1. The van der Waals surface area contributed by atoms with Gasteiger partial charge in [-0.05, 0) is 92.4 Å². The number of piperidine rings is 1. The Kier molecular flexibility index (Phi) is 5.98. The minimum Gasteiger partial charge on any atom is -0.368 e. The molecule has 1 saturated heterocycles. The largest absolute Gasteiger partial charge is 0.368 e. The fourth-order valence-electron chi connectivity index (χ4n) is 4.67. The third kappa shape index (κ3) is 5.22. The van der Waals surface area contributed by atoms with Crippen LogP contribution in [0.3, 0.4) is 0 Å². The number of aromatic nitrogens is 2. The smallest absolute Gasteiger partial charge is 0.148 e. The van der Waals surface area contributed by atoms with E-state index in [1.165, 1.54) is 63.5 Å². The maximum absolute atomic E-state index is 13.6. The van der Waals surface area contributed by atoms with E-state index in [0.717, 1.165) is 12.4 Å². The first kappa shape index (κ1) is 21.7. The number of benzene rings is 1. The second-order valence-electron chi connectivity index (χ2n) is 10.4. The Labute approximate surface area is 184 Å². The van der Waals surface area contributed by atoms with Crippen LogP contribution in [0.25, 0.3) is 11.3 Å². The molecule has 0 bridgehead atoms. The van der Waals surface area contributed by atoms with Crippen LogP contribution in [0, 0.1) is 33.9 Å². The Morgan fingerprint density at radius 3 is 2.61 bits per heavy atom. The molecule has 6 heteroatoms. The van der Waals surface area contributed by atoms with Gasteiger partial charge in [0.2, 0.25) is 0 Å². The van der Waals surface area contributed by atoms with Gasteiger partial charge in [0.1, 0.15) is 11.6 Å². The molecule has 0 amide bonds. The standard InChI is InChI=1S/C25H32FN5/c1-24(2,3)8-11-31-12-9-25(10-13-31)15-19(25)17-28-23-7-6-22(29-30-23)21-14-20(26)5-4-18(21)16-27/h4-7,14,19H,8-13,15,17H2,1-3H3,(H,28,30). The molecule has 1 unspecified atom stereocenters. The summed E-state index contributed by atoms with van der Waals surface area (Å²) < 4.78 is 13.6. The maximum atomic E-state index is 13.6. The van der Waals surface area contributed by atoms with Gasteiger partial charge in [-0.25, -0.2) is 4.39 Å². The highest BCUT2D eigenvalue weighted by molar-refractivity contribution is 5.67. The number of anilines is 1. The van der Waals surface area contributed by atoms with Crippen LogP contribution in [0.2, 0.25) is 0 Å². The van der Waals surface area contributed by atoms with E-state index in [-0.39, 0.29) is 5.82 Å². The zero-order valence-corrected chi connectivity index (χ0v) is 18.8. The van der Waals surface area contributed by atoms with Gasteiger partial charge < -0.3 is 10.2 Å². The lowest BCUT2D eigenvalue weighted by Gasteiger charge is -2.34. The molecule has 1 aliphatic heterocycles. The van der Waals surface area contributed by atoms with Crippen LogP contribution in [-0.4, -0.2) is 41.3 Å². The summed E-state index contributed by atoms with van der Waals surface area (Å²) in [4.78, 5) is 2.63. The van der Waals surface area contributed by atoms with Crippen LogP contribution in [0.15, 0.2) is 30.3 Å². The molecule has 2 aliphatic rings. The molecule has 164 valence electrons. The first-order valence-electron chi connectivity index (χ1n) is 11.3. The molecule has 2 aromatic rings. The van der Waals surface area contributed by atoms with E-state index in [0.29, 0.717) is 33.6 Å². The summed E-state index contributed by atoms with van der Waals surface area (Å²) >= 11 is 0. The zero-order valence-electron chi connectivity index (χ0n) is 18.8. The van der Waals surface area contributed by atoms with Crippen molar-refractivity contribution < 1.29 is 4.39 Å². The molecule has 1 aliphatic carbocycles. The summed E-state index contributed by atoms with van der Waals surface area (Å²) in [6.45, 7) is 11.5. The Morgan fingerprint density at radius 2 is 1.97 bits per heavy atom. The molecule has 4 rings (SSSR count). The van der Waals surface area contributed by atoms with Crippen molar-refractivity contribution in [3.8, 4) is 17.3 Å². The average Bonchev–Trinajstić information content (AvgIpc) is 3.43. The fraction of sp³-hybridized carbons (Fsp3) is 0.560. The van der Waals surface area contributed by atoms with E-state index < -0.39 is 0 Å². The number of rotatable bonds is 6. The summed E-state index contributed by atoms with van der Waals surface area (Å²) in [5.41, 5.74) is 2.29. The van der Waals surface area contributed by atoms with Gasteiger partial charge in [-0.1, -0.05) is 20.8 Å². The third-order valence-electron chi connectivity index (χ3n) is 6.96. The van der Waals surface area contributed by atoms with Crippen molar-refractivity contribution >= 4 is 5.82 Å². The molecule has 1 atom stereocenters. The highest BCUT2D eigenvalue weighted by Gasteiger charge is 2.54. The lowest BCUT2D eigenvalue weighted by molar-refractivity contribution is 0.147. The van der Waals surface area contributed by atoms with Crippen LogP contribution in [0.5, 0.6) is 0 Å². The molecule has 1 saturated carbocycles. The van der Waals surface area contributed by atoms with E-state index in [1.807, 2.05) is 6.07 Å². The summed E-state index contributed by atoms with van der Waals surface area (Å²) in [5, 5.41) is 21.1. The third-order valence-corrected chi connectivity index (χ3v) is 6.96. The van der Waals surface area contributed by atoms with Crippen molar-refractivity contribution in [2.24, 2.45) is 16.7 Å². The van der Waals surface area contributed by atoms with Gasteiger partial charge in [-0.3, -0.25) is 0 Å². The van der Waals surface area contributed by atoms with Crippen LogP contribution in [0.4, 0.5) is 10.2 Å². The molecular formula is C25H32FN5. The molecular weight excluding hydrogens is 389 g/mol. The second kappa shape index (κ2) is 8.55. The number of halogens is 1. The molecule has 2 heterocycles. The Bertz CT molecular complexity index is 949. The number of hydrogen-bond acceptors (Lipinski definition) is 5. The number of hydrogen-bond donors (Lipinski definition) is 1. The number of nitrogens with zero attached hydrogens (tertiary/aromatic N) is 4. The molecule has 2 fully saturated rings. The normalized spacial score (nSPS) is 20.4. The zero-order chi connectivity index (χ0) is 22.1. The van der Waals surface area contributed by atoms with Gasteiger partial charge in [0.15, 0.2) is 0 Å². The van der Waals surface area contributed by atoms with Gasteiger partial charge in [0, 0.05) is 12.1 Å². The molecule has 0 radical (unpaired) electrons. The van der Waals surface area contributed by atoms with Gasteiger partial charge in [-0.15, -0.1) is 10.2 Å². The van der Waals surface area contributed by atoms with Crippen LogP contribution >= 0.6 is 0 Å². The minimum absolute atomic E-state index is 0.388. The molecule has 1 N–H and O–H groups in total. The van der Waals surface area contributed by atoms with Crippen molar-refractivity contribution in [3.63, 3.8) is 0 Å². The quantitative estimate of drug-likeness (QED) is 0.703. The first-order chi connectivity index (χ1) is 14.8. The molecule has 31 heavy (non-hydrogen) atoms. The van der Waals surface area contributed by atoms with Gasteiger partial charge >= 0.3 is 0 Å². The Hall–Kier alpha value is -2.52. The average molecular weight is 422 g/mol. The molecule has 1 spiro atoms. The number of likely N-dealkylation sites (tertiary alicyclic amines) is 1. The van der Waals surface area contributed by atoms with E-state index >= 15 is 0 Å². The van der Waals surface area contributed by atoms with Crippen molar-refractivity contribution in [1.82, 2.24) is 15.1 Å². The SMILES string of the molecule is CC(C)(C)CCN1CCC2(CC1)CC2CNc1ccc(-c2cc(F)ccc2C#N)nn1. The van der Waals surface area contributed by atoms with Crippen molar-refractivity contribution in [2.45, 2.75) is 46.5 Å². The number of nitriles is 1. The first-order valence-corrected chi connectivity index (χ1v) is 11.3. The van der Waals surface area contributed by atoms with E-state index in [9.17, 15) is 9.65 Å². The van der Waals surface area contributed by atoms with Crippen molar-refractivity contribution in [2.75, 3.05) is 31.5 Å². The molecule has 1 aromatic carbocycles. The maximum Gasteiger partial charge on any atom is 0.148 e. The summed E-state index contributed by atoms with van der Waals surface area (Å²) in [6.07, 6.45) is 5.15. The van der Waals surface area contributed by atoms with Crippen LogP contribution in [0.1, 0.15) is 52.0 Å². The highest BCUT2D eigenvalue weighted by Crippen LogP contribution is 2.59. The van der Waals surface area contributed by atoms with Crippen LogP contribution in [-0.2, 0) is 0 Å².